The third kappa shape index (κ3) is 8.14. The molecule has 0 aromatic heterocycles. The molecule has 1 unspecified atom stereocenters. The Balaban J connectivity index is 1.41. The molecule has 0 heterocycles. The van der Waals surface area contributed by atoms with Crippen molar-refractivity contribution in [2.45, 2.75) is 110 Å². The Morgan fingerprint density at radius 1 is 0.571 bits per heavy atom. The summed E-state index contributed by atoms with van der Waals surface area (Å²) in [5.41, 5.74) is 2.94. The Bertz CT molecular complexity index is 1320. The molecule has 4 rings (SSSR count). The van der Waals surface area contributed by atoms with Crippen molar-refractivity contribution in [3.8, 4) is 22.3 Å². The van der Waals surface area contributed by atoms with Crippen molar-refractivity contribution in [2.75, 3.05) is 0 Å². The summed E-state index contributed by atoms with van der Waals surface area (Å²) in [5.74, 6) is -2.73. The Labute approximate surface area is 250 Å². The van der Waals surface area contributed by atoms with Crippen molar-refractivity contribution in [2.24, 2.45) is 5.92 Å². The molecular formula is C38H46F4. The normalized spacial score (nSPS) is 15.2. The van der Waals surface area contributed by atoms with Gasteiger partial charge in [-0.1, -0.05) is 133 Å². The van der Waals surface area contributed by atoms with E-state index in [9.17, 15) is 8.78 Å². The lowest BCUT2D eigenvalue weighted by molar-refractivity contribution is 0.422. The number of benzene rings is 3. The van der Waals surface area contributed by atoms with E-state index in [4.69, 9.17) is 0 Å². The molecule has 4 heteroatoms. The third-order valence-corrected chi connectivity index (χ3v) is 8.88. The zero-order valence-corrected chi connectivity index (χ0v) is 25.4. The molecule has 42 heavy (non-hydrogen) atoms. The van der Waals surface area contributed by atoms with Crippen molar-refractivity contribution < 1.29 is 17.6 Å². The predicted octanol–water partition coefficient (Wildman–Crippen LogP) is 12.6. The first-order valence-electron chi connectivity index (χ1n) is 16.2. The minimum Gasteiger partial charge on any atom is -0.203 e. The molecular weight excluding hydrogens is 532 g/mol. The molecule has 0 nitrogen and oxygen atoms in total. The molecule has 3 aromatic carbocycles. The first-order valence-corrected chi connectivity index (χ1v) is 16.2. The van der Waals surface area contributed by atoms with Crippen LogP contribution in [-0.2, 0) is 6.42 Å². The quantitative estimate of drug-likeness (QED) is 0.124. The van der Waals surface area contributed by atoms with Crippen molar-refractivity contribution >= 4 is 5.57 Å². The van der Waals surface area contributed by atoms with E-state index in [1.807, 2.05) is 0 Å². The molecule has 1 aliphatic rings. The molecule has 1 aliphatic carbocycles. The van der Waals surface area contributed by atoms with E-state index >= 15 is 8.78 Å². The average Bonchev–Trinajstić information content (AvgIpc) is 3.01. The maximum Gasteiger partial charge on any atom is 0.167 e. The number of rotatable bonds is 15. The van der Waals surface area contributed by atoms with Gasteiger partial charge in [0.2, 0.25) is 0 Å². The lowest BCUT2D eigenvalue weighted by Crippen LogP contribution is -2.07. The summed E-state index contributed by atoms with van der Waals surface area (Å²) in [4.78, 5) is 0. The van der Waals surface area contributed by atoms with Crippen LogP contribution < -0.4 is 0 Å². The van der Waals surface area contributed by atoms with Crippen molar-refractivity contribution in [3.05, 3.63) is 89.0 Å². The van der Waals surface area contributed by atoms with Gasteiger partial charge >= 0.3 is 0 Å². The summed E-state index contributed by atoms with van der Waals surface area (Å²) >= 11 is 0. The zero-order valence-electron chi connectivity index (χ0n) is 25.4. The van der Waals surface area contributed by atoms with Gasteiger partial charge in [-0.2, -0.15) is 0 Å². The molecule has 226 valence electrons. The summed E-state index contributed by atoms with van der Waals surface area (Å²) in [6.45, 7) is 4.37. The van der Waals surface area contributed by atoms with E-state index in [1.165, 1.54) is 38.5 Å². The lowest BCUT2D eigenvalue weighted by Gasteiger charge is -2.22. The van der Waals surface area contributed by atoms with Crippen LogP contribution in [0.1, 0.15) is 115 Å². The minimum absolute atomic E-state index is 0.161. The summed E-state index contributed by atoms with van der Waals surface area (Å²) in [6.07, 6.45) is 18.1. The SMILES string of the molecule is CCCCCCCc1ccc(-c2ccc(-c3ccc(C4=CCC(CCCCCCC)CC4)c(F)c3F)cc2)c(F)c1F. The maximum atomic E-state index is 15.3. The highest BCUT2D eigenvalue weighted by Crippen LogP contribution is 2.37. The number of allylic oxidation sites excluding steroid dienone is 2. The van der Waals surface area contributed by atoms with Crippen LogP contribution in [0.4, 0.5) is 17.6 Å². The van der Waals surface area contributed by atoms with Crippen LogP contribution in [-0.4, -0.2) is 0 Å². The topological polar surface area (TPSA) is 0 Å². The Kier molecular flexibility index (Phi) is 12.3. The van der Waals surface area contributed by atoms with Crippen LogP contribution in [0.2, 0.25) is 0 Å². The van der Waals surface area contributed by atoms with E-state index in [0.29, 0.717) is 34.6 Å². The van der Waals surface area contributed by atoms with E-state index in [0.717, 1.165) is 56.9 Å². The van der Waals surface area contributed by atoms with Gasteiger partial charge in [0.15, 0.2) is 23.3 Å². The fraction of sp³-hybridized carbons (Fsp3) is 0.474. The second-order valence-electron chi connectivity index (χ2n) is 12.0. The molecule has 0 amide bonds. The summed E-state index contributed by atoms with van der Waals surface area (Å²) < 4.78 is 60.3. The van der Waals surface area contributed by atoms with Gasteiger partial charge in [-0.25, -0.2) is 17.6 Å². The first kappa shape index (κ1) is 32.0. The maximum absolute atomic E-state index is 15.3. The summed E-state index contributed by atoms with van der Waals surface area (Å²) in [5, 5.41) is 0. The lowest BCUT2D eigenvalue weighted by atomic mass is 9.83. The second kappa shape index (κ2) is 16.1. The number of hydrogen-bond donors (Lipinski definition) is 0. The van der Waals surface area contributed by atoms with E-state index in [2.05, 4.69) is 19.9 Å². The summed E-state index contributed by atoms with van der Waals surface area (Å²) in [6, 6.07) is 13.1. The minimum atomic E-state index is -0.875. The Morgan fingerprint density at radius 2 is 1.10 bits per heavy atom. The van der Waals surface area contributed by atoms with Gasteiger partial charge in [-0.05, 0) is 60.3 Å². The zero-order chi connectivity index (χ0) is 29.9. The number of unbranched alkanes of at least 4 members (excludes halogenated alkanes) is 8. The van der Waals surface area contributed by atoms with E-state index in [-0.39, 0.29) is 11.1 Å². The molecule has 0 aliphatic heterocycles. The van der Waals surface area contributed by atoms with Gasteiger partial charge < -0.3 is 0 Å². The van der Waals surface area contributed by atoms with Crippen molar-refractivity contribution in [1.82, 2.24) is 0 Å². The first-order chi connectivity index (χ1) is 20.4. The van der Waals surface area contributed by atoms with Crippen molar-refractivity contribution in [1.29, 1.82) is 0 Å². The molecule has 0 bridgehead atoms. The smallest absolute Gasteiger partial charge is 0.167 e. The third-order valence-electron chi connectivity index (χ3n) is 8.88. The number of hydrogen-bond acceptors (Lipinski definition) is 0. The predicted molar refractivity (Wildman–Crippen MR) is 168 cm³/mol. The number of halogens is 4. The van der Waals surface area contributed by atoms with Gasteiger partial charge in [0.05, 0.1) is 0 Å². The molecule has 0 fully saturated rings. The molecule has 0 saturated heterocycles. The molecule has 0 N–H and O–H groups in total. The van der Waals surface area contributed by atoms with E-state index in [1.54, 1.807) is 48.5 Å². The molecule has 0 radical (unpaired) electrons. The van der Waals surface area contributed by atoms with Gasteiger partial charge in [0, 0.05) is 16.7 Å². The summed E-state index contributed by atoms with van der Waals surface area (Å²) in [7, 11) is 0. The van der Waals surface area contributed by atoms with Gasteiger partial charge in [-0.15, -0.1) is 0 Å². The number of aryl methyl sites for hydroxylation is 1. The van der Waals surface area contributed by atoms with Crippen LogP contribution in [0.25, 0.3) is 27.8 Å². The fourth-order valence-corrected chi connectivity index (χ4v) is 6.21. The highest BCUT2D eigenvalue weighted by atomic mass is 19.2. The molecule has 0 saturated carbocycles. The van der Waals surface area contributed by atoms with Crippen LogP contribution in [0.15, 0.2) is 54.6 Å². The highest BCUT2D eigenvalue weighted by molar-refractivity contribution is 5.74. The highest BCUT2D eigenvalue weighted by Gasteiger charge is 2.21. The van der Waals surface area contributed by atoms with Gasteiger partial charge in [0.25, 0.3) is 0 Å². The average molecular weight is 579 g/mol. The largest absolute Gasteiger partial charge is 0.203 e. The monoisotopic (exact) mass is 578 g/mol. The molecule has 3 aromatic rings. The molecule has 0 spiro atoms. The standard InChI is InChI=1S/C38H46F4/c1-3-5-7-9-11-13-27-15-17-28(18-16-27)33-25-26-34(38(42)37(33)41)30-21-19-29(20-22-30)32-24-23-31(35(39)36(32)40)14-12-10-8-6-4-2/h17,19-27H,3-16,18H2,1-2H3. The van der Waals surface area contributed by atoms with E-state index < -0.39 is 23.3 Å². The molecule has 1 atom stereocenters. The van der Waals surface area contributed by atoms with Crippen LogP contribution >= 0.6 is 0 Å². The van der Waals surface area contributed by atoms with Gasteiger partial charge in [0.1, 0.15) is 0 Å². The van der Waals surface area contributed by atoms with Crippen molar-refractivity contribution in [3.63, 3.8) is 0 Å². The Morgan fingerprint density at radius 3 is 1.69 bits per heavy atom. The van der Waals surface area contributed by atoms with Crippen LogP contribution in [0, 0.1) is 29.2 Å². The van der Waals surface area contributed by atoms with Crippen LogP contribution in [0.3, 0.4) is 0 Å². The second-order valence-corrected chi connectivity index (χ2v) is 12.0. The Hall–Kier alpha value is -2.88. The van der Waals surface area contributed by atoms with Gasteiger partial charge in [-0.3, -0.25) is 0 Å². The van der Waals surface area contributed by atoms with Crippen LogP contribution in [0.5, 0.6) is 0 Å². The fourth-order valence-electron chi connectivity index (χ4n) is 6.21.